The molecular formula is C10H9NO6S. The van der Waals surface area contributed by atoms with Crippen molar-refractivity contribution in [3.8, 4) is 0 Å². The highest BCUT2D eigenvalue weighted by Gasteiger charge is 2.68. The van der Waals surface area contributed by atoms with Gasteiger partial charge in [0, 0.05) is 18.6 Å². The first-order valence-corrected chi connectivity index (χ1v) is 6.66. The molecule has 0 amide bonds. The summed E-state index contributed by atoms with van der Waals surface area (Å²) in [5.74, 6) is 0. The lowest BCUT2D eigenvalue weighted by Gasteiger charge is -2.03. The maximum Gasteiger partial charge on any atom is 0.297 e. The van der Waals surface area contributed by atoms with Crippen LogP contribution in [0, 0.1) is 10.1 Å². The third-order valence-corrected chi connectivity index (χ3v) is 4.35. The number of nitrogens with zero attached hydrogens (tertiary/aromatic N) is 1. The van der Waals surface area contributed by atoms with Gasteiger partial charge in [-0.15, -0.1) is 0 Å². The molecule has 8 heteroatoms. The first-order chi connectivity index (χ1) is 8.43. The van der Waals surface area contributed by atoms with Crippen LogP contribution in [0.3, 0.4) is 0 Å². The minimum atomic E-state index is -3.97. The van der Waals surface area contributed by atoms with Crippen LogP contribution in [0.25, 0.3) is 0 Å². The Kier molecular flexibility index (Phi) is 2.25. The van der Waals surface area contributed by atoms with E-state index in [0.717, 1.165) is 6.07 Å². The van der Waals surface area contributed by atoms with Crippen LogP contribution in [-0.2, 0) is 19.0 Å². The van der Waals surface area contributed by atoms with Crippen LogP contribution in [0.1, 0.15) is 6.42 Å². The molecule has 2 unspecified atom stereocenters. The maximum atomic E-state index is 11.9. The molecule has 1 aromatic rings. The van der Waals surface area contributed by atoms with Gasteiger partial charge in [-0.1, -0.05) is 6.07 Å². The Hall–Kier alpha value is -1.51. The lowest BCUT2D eigenvalue weighted by atomic mass is 10.3. The van der Waals surface area contributed by atoms with Crippen LogP contribution in [0.5, 0.6) is 0 Å². The van der Waals surface area contributed by atoms with Gasteiger partial charge in [0.05, 0.1) is 11.5 Å². The van der Waals surface area contributed by atoms with Crippen molar-refractivity contribution in [1.82, 2.24) is 0 Å². The lowest BCUT2D eigenvalue weighted by molar-refractivity contribution is -0.385. The number of nitro benzene ring substituents is 1. The molecule has 1 aliphatic heterocycles. The molecule has 0 bridgehead atoms. The van der Waals surface area contributed by atoms with Crippen LogP contribution in [0.4, 0.5) is 5.69 Å². The van der Waals surface area contributed by atoms with E-state index in [1.165, 1.54) is 18.2 Å². The van der Waals surface area contributed by atoms with E-state index in [2.05, 4.69) is 0 Å². The summed E-state index contributed by atoms with van der Waals surface area (Å²) in [4.78, 5) is 9.72. The molecule has 1 saturated heterocycles. The Morgan fingerprint density at radius 2 is 2.22 bits per heavy atom. The fourth-order valence-electron chi connectivity index (χ4n) is 1.73. The van der Waals surface area contributed by atoms with Crippen molar-refractivity contribution in [2.24, 2.45) is 0 Å². The van der Waals surface area contributed by atoms with Gasteiger partial charge in [-0.3, -0.25) is 14.3 Å². The van der Waals surface area contributed by atoms with Crippen molar-refractivity contribution in [3.05, 3.63) is 34.4 Å². The Morgan fingerprint density at radius 3 is 2.78 bits per heavy atom. The van der Waals surface area contributed by atoms with Gasteiger partial charge in [-0.25, -0.2) is 0 Å². The van der Waals surface area contributed by atoms with E-state index in [0.29, 0.717) is 13.0 Å². The van der Waals surface area contributed by atoms with Crippen molar-refractivity contribution in [2.45, 2.75) is 23.0 Å². The first-order valence-electron chi connectivity index (χ1n) is 5.25. The molecule has 0 N–H and O–H groups in total. The van der Waals surface area contributed by atoms with Gasteiger partial charge in [-0.2, -0.15) is 8.42 Å². The molecule has 1 saturated carbocycles. The predicted molar refractivity (Wildman–Crippen MR) is 58.5 cm³/mol. The largest absolute Gasteiger partial charge is 0.367 e. The highest BCUT2D eigenvalue weighted by Crippen LogP contribution is 2.53. The zero-order valence-corrected chi connectivity index (χ0v) is 9.92. The van der Waals surface area contributed by atoms with Crippen molar-refractivity contribution < 1.29 is 22.3 Å². The van der Waals surface area contributed by atoms with Gasteiger partial charge in [0.1, 0.15) is 16.6 Å². The summed E-state index contributed by atoms with van der Waals surface area (Å²) < 4.78 is 33.8. The summed E-state index contributed by atoms with van der Waals surface area (Å²) in [6.07, 6.45) is 0.100. The summed E-state index contributed by atoms with van der Waals surface area (Å²) in [6, 6.07) is 4.79. The molecule has 1 spiro atoms. The molecular weight excluding hydrogens is 262 g/mol. The van der Waals surface area contributed by atoms with E-state index in [9.17, 15) is 18.5 Å². The molecule has 1 heterocycles. The third kappa shape index (κ3) is 1.88. The van der Waals surface area contributed by atoms with Gasteiger partial charge < -0.3 is 4.74 Å². The minimum absolute atomic E-state index is 0.209. The zero-order valence-electron chi connectivity index (χ0n) is 9.11. The molecule has 1 aromatic carbocycles. The SMILES string of the molecule is O=[N+]([O-])c1cccc(S(=O)(=O)OC2CC23CO3)c1. The number of rotatable bonds is 4. The Bertz CT molecular complexity index is 621. The fraction of sp³-hybridized carbons (Fsp3) is 0.400. The van der Waals surface area contributed by atoms with E-state index in [-0.39, 0.29) is 10.6 Å². The number of epoxide rings is 1. The predicted octanol–water partition coefficient (Wildman–Crippen LogP) is 0.841. The van der Waals surface area contributed by atoms with Crippen molar-refractivity contribution >= 4 is 15.8 Å². The zero-order chi connectivity index (χ0) is 13.0. The lowest BCUT2D eigenvalue weighted by Crippen LogP contribution is -2.11. The van der Waals surface area contributed by atoms with E-state index in [1.54, 1.807) is 0 Å². The van der Waals surface area contributed by atoms with Gasteiger partial charge in [0.25, 0.3) is 15.8 Å². The van der Waals surface area contributed by atoms with Gasteiger partial charge in [-0.05, 0) is 6.07 Å². The van der Waals surface area contributed by atoms with E-state index >= 15 is 0 Å². The van der Waals surface area contributed by atoms with Crippen LogP contribution >= 0.6 is 0 Å². The number of ether oxygens (including phenoxy) is 1. The van der Waals surface area contributed by atoms with Crippen LogP contribution in [-0.4, -0.2) is 31.7 Å². The Labute approximate surface area is 103 Å². The average Bonchev–Trinajstić information content (AvgIpc) is 3.21. The smallest absolute Gasteiger partial charge is 0.297 e. The minimum Gasteiger partial charge on any atom is -0.367 e. The first kappa shape index (κ1) is 11.6. The van der Waals surface area contributed by atoms with Gasteiger partial charge >= 0.3 is 0 Å². The molecule has 96 valence electrons. The summed E-state index contributed by atoms with van der Waals surface area (Å²) in [7, 11) is -3.97. The molecule has 0 aromatic heterocycles. The molecule has 2 aliphatic rings. The molecule has 18 heavy (non-hydrogen) atoms. The highest BCUT2D eigenvalue weighted by molar-refractivity contribution is 7.86. The normalized spacial score (nSPS) is 29.2. The second-order valence-corrected chi connectivity index (χ2v) is 5.92. The molecule has 0 radical (unpaired) electrons. The molecule has 2 atom stereocenters. The van der Waals surface area contributed by atoms with E-state index < -0.39 is 26.7 Å². The van der Waals surface area contributed by atoms with Gasteiger partial charge in [0.15, 0.2) is 0 Å². The second kappa shape index (κ2) is 3.50. The maximum absolute atomic E-state index is 11.9. The number of nitro groups is 1. The van der Waals surface area contributed by atoms with E-state index in [1.807, 2.05) is 0 Å². The second-order valence-electron chi connectivity index (χ2n) is 4.35. The number of non-ortho nitro benzene ring substituents is 1. The molecule has 7 nitrogen and oxygen atoms in total. The summed E-state index contributed by atoms with van der Waals surface area (Å²) in [6.45, 7) is 0.516. The molecule has 3 rings (SSSR count). The summed E-state index contributed by atoms with van der Waals surface area (Å²) in [5, 5.41) is 10.6. The summed E-state index contributed by atoms with van der Waals surface area (Å²) >= 11 is 0. The standard InChI is InChI=1S/C10H9NO6S/c12-11(13)7-2-1-3-8(4-7)18(14,15)17-9-5-10(9)6-16-10/h1-4,9H,5-6H2. The summed E-state index contributed by atoms with van der Waals surface area (Å²) in [5.41, 5.74) is -0.679. The fourth-order valence-corrected chi connectivity index (χ4v) is 2.90. The average molecular weight is 271 g/mol. The quantitative estimate of drug-likeness (QED) is 0.348. The number of hydrogen-bond acceptors (Lipinski definition) is 6. The number of benzene rings is 1. The third-order valence-electron chi connectivity index (χ3n) is 3.03. The van der Waals surface area contributed by atoms with E-state index in [4.69, 9.17) is 8.92 Å². The van der Waals surface area contributed by atoms with Crippen molar-refractivity contribution in [3.63, 3.8) is 0 Å². The van der Waals surface area contributed by atoms with Crippen LogP contribution in [0.2, 0.25) is 0 Å². The van der Waals surface area contributed by atoms with Crippen molar-refractivity contribution in [1.29, 1.82) is 0 Å². The topological polar surface area (TPSA) is 99.0 Å². The molecule has 1 aliphatic carbocycles. The van der Waals surface area contributed by atoms with Crippen LogP contribution in [0.15, 0.2) is 29.2 Å². The Balaban J connectivity index is 1.84. The monoisotopic (exact) mass is 271 g/mol. The van der Waals surface area contributed by atoms with Crippen molar-refractivity contribution in [2.75, 3.05) is 6.61 Å². The molecule has 2 fully saturated rings. The number of hydrogen-bond donors (Lipinski definition) is 0. The van der Waals surface area contributed by atoms with Gasteiger partial charge in [0.2, 0.25) is 0 Å². The highest BCUT2D eigenvalue weighted by atomic mass is 32.2. The Morgan fingerprint density at radius 1 is 1.50 bits per heavy atom. The van der Waals surface area contributed by atoms with Crippen LogP contribution < -0.4 is 0 Å².